The molecular weight excluding hydrogens is 392 g/mol. The number of likely N-dealkylation sites (tertiary alicyclic amines) is 1. The van der Waals surface area contributed by atoms with Gasteiger partial charge in [-0.15, -0.1) is 0 Å². The third-order valence-corrected chi connectivity index (χ3v) is 6.77. The van der Waals surface area contributed by atoms with Crippen LogP contribution in [0.5, 0.6) is 0 Å². The van der Waals surface area contributed by atoms with E-state index < -0.39 is 0 Å². The summed E-state index contributed by atoms with van der Waals surface area (Å²) in [6, 6.07) is 9.08. The van der Waals surface area contributed by atoms with E-state index >= 15 is 0 Å². The Morgan fingerprint density at radius 3 is 2.61 bits per heavy atom. The molecule has 2 unspecified atom stereocenters. The van der Waals surface area contributed by atoms with Gasteiger partial charge in [-0.3, -0.25) is 14.5 Å². The van der Waals surface area contributed by atoms with Crippen LogP contribution in [0.1, 0.15) is 36.8 Å². The summed E-state index contributed by atoms with van der Waals surface area (Å²) in [4.78, 5) is 32.6. The summed E-state index contributed by atoms with van der Waals surface area (Å²) in [6.07, 6.45) is 4.06. The van der Waals surface area contributed by atoms with Crippen molar-refractivity contribution in [3.05, 3.63) is 35.4 Å². The number of hydrogen-bond acceptors (Lipinski definition) is 5. The molecule has 0 aromatic heterocycles. The molecule has 0 spiro atoms. The van der Waals surface area contributed by atoms with Crippen LogP contribution in [0.2, 0.25) is 0 Å². The van der Waals surface area contributed by atoms with Crippen LogP contribution in [0, 0.1) is 6.92 Å². The monoisotopic (exact) mass is 428 g/mol. The van der Waals surface area contributed by atoms with E-state index in [0.29, 0.717) is 25.6 Å². The third kappa shape index (κ3) is 5.45. The maximum absolute atomic E-state index is 13.5. The summed E-state index contributed by atoms with van der Waals surface area (Å²) in [5.74, 6) is 0.0177. The molecular formula is C24H36N4O3. The summed E-state index contributed by atoms with van der Waals surface area (Å²) in [6.45, 7) is 6.83. The fourth-order valence-electron chi connectivity index (χ4n) is 4.91. The molecule has 0 bridgehead atoms. The van der Waals surface area contributed by atoms with Crippen LogP contribution in [0.25, 0.3) is 0 Å². The van der Waals surface area contributed by atoms with Crippen LogP contribution in [0.15, 0.2) is 24.3 Å². The molecule has 3 fully saturated rings. The third-order valence-electron chi connectivity index (χ3n) is 6.77. The summed E-state index contributed by atoms with van der Waals surface area (Å²) in [5, 5.41) is 3.36. The van der Waals surface area contributed by atoms with Crippen molar-refractivity contribution in [3.63, 3.8) is 0 Å². The van der Waals surface area contributed by atoms with Gasteiger partial charge in [0.2, 0.25) is 11.8 Å². The van der Waals surface area contributed by atoms with Gasteiger partial charge in [0, 0.05) is 51.9 Å². The lowest BCUT2D eigenvalue weighted by Crippen LogP contribution is -2.49. The van der Waals surface area contributed by atoms with E-state index in [2.05, 4.69) is 41.4 Å². The van der Waals surface area contributed by atoms with Crippen molar-refractivity contribution in [1.82, 2.24) is 20.0 Å². The number of ether oxygens (including phenoxy) is 1. The van der Waals surface area contributed by atoms with Crippen LogP contribution >= 0.6 is 0 Å². The molecule has 2 atom stereocenters. The summed E-state index contributed by atoms with van der Waals surface area (Å²) in [5.41, 5.74) is 2.55. The molecule has 2 aliphatic heterocycles. The Morgan fingerprint density at radius 1 is 1.13 bits per heavy atom. The highest BCUT2D eigenvalue weighted by atomic mass is 16.5. The zero-order valence-corrected chi connectivity index (χ0v) is 18.9. The SMILES string of the molecule is COCC(=O)N1CC(N(Cc2ccc(C)cc2)C2CC2)CC1C(=O)N1CCCNCC1. The lowest BCUT2D eigenvalue weighted by Gasteiger charge is -2.29. The molecule has 2 amide bonds. The number of amides is 2. The average Bonchev–Trinajstić information content (AvgIpc) is 3.56. The molecule has 170 valence electrons. The lowest BCUT2D eigenvalue weighted by atomic mass is 10.1. The molecule has 2 heterocycles. The molecule has 2 saturated heterocycles. The number of rotatable bonds is 7. The second-order valence-corrected chi connectivity index (χ2v) is 9.20. The molecule has 1 N–H and O–H groups in total. The Hall–Kier alpha value is -1.96. The quantitative estimate of drug-likeness (QED) is 0.711. The molecule has 7 heteroatoms. The topological polar surface area (TPSA) is 65.1 Å². The van der Waals surface area contributed by atoms with E-state index in [0.717, 1.165) is 32.6 Å². The van der Waals surface area contributed by atoms with Crippen molar-refractivity contribution in [2.45, 2.75) is 57.3 Å². The molecule has 3 aliphatic rings. The number of benzene rings is 1. The average molecular weight is 429 g/mol. The van der Waals surface area contributed by atoms with E-state index in [9.17, 15) is 9.59 Å². The molecule has 4 rings (SSSR count). The standard InChI is InChI=1S/C24H36N4O3/c1-18-4-6-19(7-5-18)15-27(20-8-9-20)21-14-22(28(16-21)23(29)17-31-2)24(30)26-12-3-10-25-11-13-26/h4-7,20-22,25H,3,8-17H2,1-2H3. The Bertz CT molecular complexity index is 757. The number of aryl methyl sites for hydroxylation is 1. The second kappa shape index (κ2) is 10.1. The zero-order chi connectivity index (χ0) is 21.8. The van der Waals surface area contributed by atoms with E-state index in [1.54, 1.807) is 4.90 Å². The highest BCUT2D eigenvalue weighted by Gasteiger charge is 2.46. The van der Waals surface area contributed by atoms with E-state index in [-0.39, 0.29) is 30.5 Å². The number of methoxy groups -OCH3 is 1. The first-order valence-electron chi connectivity index (χ1n) is 11.7. The van der Waals surface area contributed by atoms with E-state index in [1.807, 2.05) is 4.90 Å². The fourth-order valence-corrected chi connectivity index (χ4v) is 4.91. The number of hydrogen-bond donors (Lipinski definition) is 1. The number of carbonyl (C=O) groups is 2. The van der Waals surface area contributed by atoms with Gasteiger partial charge in [0.1, 0.15) is 12.6 Å². The van der Waals surface area contributed by atoms with Gasteiger partial charge in [-0.25, -0.2) is 0 Å². The molecule has 7 nitrogen and oxygen atoms in total. The first-order valence-corrected chi connectivity index (χ1v) is 11.7. The Balaban J connectivity index is 1.51. The normalized spacial score (nSPS) is 24.5. The summed E-state index contributed by atoms with van der Waals surface area (Å²) in [7, 11) is 1.54. The Labute approximate surface area is 185 Å². The number of nitrogens with zero attached hydrogens (tertiary/aromatic N) is 3. The fraction of sp³-hybridized carbons (Fsp3) is 0.667. The maximum atomic E-state index is 13.5. The molecule has 31 heavy (non-hydrogen) atoms. The number of carbonyl (C=O) groups excluding carboxylic acids is 2. The van der Waals surface area contributed by atoms with Crippen molar-refractivity contribution < 1.29 is 14.3 Å². The molecule has 1 aromatic rings. The van der Waals surface area contributed by atoms with Gasteiger partial charge in [-0.1, -0.05) is 29.8 Å². The lowest BCUT2D eigenvalue weighted by molar-refractivity contribution is -0.145. The second-order valence-electron chi connectivity index (χ2n) is 9.20. The van der Waals surface area contributed by atoms with Crippen LogP contribution in [0.4, 0.5) is 0 Å². The van der Waals surface area contributed by atoms with Gasteiger partial charge in [0.25, 0.3) is 0 Å². The maximum Gasteiger partial charge on any atom is 0.249 e. The largest absolute Gasteiger partial charge is 0.375 e. The van der Waals surface area contributed by atoms with Crippen molar-refractivity contribution in [2.75, 3.05) is 46.4 Å². The van der Waals surface area contributed by atoms with Crippen LogP contribution < -0.4 is 5.32 Å². The van der Waals surface area contributed by atoms with Gasteiger partial charge in [0.15, 0.2) is 0 Å². The zero-order valence-electron chi connectivity index (χ0n) is 18.9. The van der Waals surface area contributed by atoms with Gasteiger partial charge < -0.3 is 19.9 Å². The van der Waals surface area contributed by atoms with Gasteiger partial charge in [0.05, 0.1) is 0 Å². The Kier molecular flexibility index (Phi) is 7.25. The minimum atomic E-state index is -0.384. The minimum absolute atomic E-state index is 0.0272. The van der Waals surface area contributed by atoms with E-state index in [1.165, 1.54) is 31.1 Å². The molecule has 0 radical (unpaired) electrons. The minimum Gasteiger partial charge on any atom is -0.375 e. The van der Waals surface area contributed by atoms with Crippen LogP contribution in [-0.4, -0.2) is 91.1 Å². The van der Waals surface area contributed by atoms with E-state index in [4.69, 9.17) is 4.74 Å². The summed E-state index contributed by atoms with van der Waals surface area (Å²) < 4.78 is 5.13. The summed E-state index contributed by atoms with van der Waals surface area (Å²) >= 11 is 0. The van der Waals surface area contributed by atoms with Gasteiger partial charge in [-0.05, 0) is 44.7 Å². The predicted molar refractivity (Wildman–Crippen MR) is 120 cm³/mol. The smallest absolute Gasteiger partial charge is 0.249 e. The van der Waals surface area contributed by atoms with Crippen molar-refractivity contribution in [1.29, 1.82) is 0 Å². The highest BCUT2D eigenvalue weighted by Crippen LogP contribution is 2.35. The molecule has 1 saturated carbocycles. The van der Waals surface area contributed by atoms with Crippen molar-refractivity contribution in [2.24, 2.45) is 0 Å². The highest BCUT2D eigenvalue weighted by molar-refractivity contribution is 5.89. The molecule has 1 aromatic carbocycles. The van der Waals surface area contributed by atoms with Crippen LogP contribution in [0.3, 0.4) is 0 Å². The van der Waals surface area contributed by atoms with Gasteiger partial charge in [-0.2, -0.15) is 0 Å². The van der Waals surface area contributed by atoms with Crippen molar-refractivity contribution >= 4 is 11.8 Å². The number of nitrogens with one attached hydrogen (secondary N) is 1. The van der Waals surface area contributed by atoms with Crippen molar-refractivity contribution in [3.8, 4) is 0 Å². The van der Waals surface area contributed by atoms with Gasteiger partial charge >= 0.3 is 0 Å². The first kappa shape index (κ1) is 22.2. The van der Waals surface area contributed by atoms with Crippen LogP contribution in [-0.2, 0) is 20.9 Å². The first-order chi connectivity index (χ1) is 15.1. The predicted octanol–water partition coefficient (Wildman–Crippen LogP) is 1.40. The molecule has 1 aliphatic carbocycles. The Morgan fingerprint density at radius 2 is 1.90 bits per heavy atom.